The van der Waals surface area contributed by atoms with Crippen molar-refractivity contribution in [2.75, 3.05) is 6.54 Å². The van der Waals surface area contributed by atoms with Crippen molar-refractivity contribution in [3.8, 4) is 0 Å². The summed E-state index contributed by atoms with van der Waals surface area (Å²) in [6.07, 6.45) is 7.38. The lowest BCUT2D eigenvalue weighted by Crippen LogP contribution is -2.42. The Kier molecular flexibility index (Phi) is 6.80. The third-order valence-electron chi connectivity index (χ3n) is 7.44. The van der Waals surface area contributed by atoms with Crippen LogP contribution < -0.4 is 5.73 Å². The van der Waals surface area contributed by atoms with Crippen LogP contribution in [0.4, 0.5) is 0 Å². The monoisotopic (exact) mass is 405 g/mol. The molecule has 0 aliphatic heterocycles. The van der Waals surface area contributed by atoms with Crippen molar-refractivity contribution >= 4 is 21.8 Å². The van der Waals surface area contributed by atoms with Gasteiger partial charge in [0.1, 0.15) is 0 Å². The van der Waals surface area contributed by atoms with Crippen molar-refractivity contribution in [2.24, 2.45) is 11.7 Å². The number of rotatable bonds is 8. The summed E-state index contributed by atoms with van der Waals surface area (Å²) in [5, 5.41) is 2.78. The second kappa shape index (κ2) is 9.53. The Morgan fingerprint density at radius 3 is 2.33 bits per heavy atom. The van der Waals surface area contributed by atoms with Gasteiger partial charge >= 0.3 is 0 Å². The first kappa shape index (κ1) is 21.4. The van der Waals surface area contributed by atoms with Crippen LogP contribution in [-0.4, -0.2) is 28.1 Å². The van der Waals surface area contributed by atoms with Crippen molar-refractivity contribution in [3.63, 3.8) is 0 Å². The summed E-state index contributed by atoms with van der Waals surface area (Å²) in [4.78, 5) is 2.78. The number of fused-ring (bicyclic) bond motifs is 3. The van der Waals surface area contributed by atoms with Gasteiger partial charge < -0.3 is 10.3 Å². The molecule has 4 rings (SSSR count). The predicted molar refractivity (Wildman–Crippen MR) is 130 cm³/mol. The standard InChI is InChI=1S/C27H39N3/c1-4-20(5-2)18-29(23-14-12-22(28)13-15-23)19-21-11-16-27-25(17-21)24-9-7-8-10-26(24)30(27)6-3/h7-11,16-17,20,22-23H,4-6,12-15,18-19,28H2,1-3H3. The van der Waals surface area contributed by atoms with Crippen LogP contribution in [0.5, 0.6) is 0 Å². The minimum absolute atomic E-state index is 0.410. The van der Waals surface area contributed by atoms with Crippen LogP contribution in [0.15, 0.2) is 42.5 Å². The van der Waals surface area contributed by atoms with E-state index in [4.69, 9.17) is 5.73 Å². The molecule has 3 heteroatoms. The van der Waals surface area contributed by atoms with Crippen LogP contribution in [0.2, 0.25) is 0 Å². The van der Waals surface area contributed by atoms with E-state index in [9.17, 15) is 0 Å². The van der Waals surface area contributed by atoms with Crippen molar-refractivity contribution in [1.29, 1.82) is 0 Å². The third kappa shape index (κ3) is 4.29. The molecule has 0 spiro atoms. The highest BCUT2D eigenvalue weighted by atomic mass is 15.2. The van der Waals surface area contributed by atoms with Gasteiger partial charge in [-0.05, 0) is 62.3 Å². The number of benzene rings is 2. The molecule has 0 unspecified atom stereocenters. The molecule has 1 aromatic heterocycles. The number of para-hydroxylation sites is 1. The molecule has 0 saturated heterocycles. The molecule has 0 amide bonds. The number of hydrogen-bond donors (Lipinski definition) is 1. The first-order valence-electron chi connectivity index (χ1n) is 12.1. The van der Waals surface area contributed by atoms with Gasteiger partial charge in [-0.2, -0.15) is 0 Å². The molecular formula is C27H39N3. The zero-order valence-corrected chi connectivity index (χ0v) is 19.1. The van der Waals surface area contributed by atoms with Gasteiger partial charge in [-0.15, -0.1) is 0 Å². The maximum atomic E-state index is 6.21. The highest BCUT2D eigenvalue weighted by Gasteiger charge is 2.26. The maximum Gasteiger partial charge on any atom is 0.0491 e. The fraction of sp³-hybridized carbons (Fsp3) is 0.556. The van der Waals surface area contributed by atoms with Crippen molar-refractivity contribution in [2.45, 2.75) is 84.5 Å². The molecule has 1 saturated carbocycles. The minimum Gasteiger partial charge on any atom is -0.341 e. The van der Waals surface area contributed by atoms with E-state index in [2.05, 4.69) is 72.7 Å². The van der Waals surface area contributed by atoms with Crippen LogP contribution in [-0.2, 0) is 13.1 Å². The average Bonchev–Trinajstić information content (AvgIpc) is 3.10. The van der Waals surface area contributed by atoms with Crippen LogP contribution in [0.1, 0.15) is 64.9 Å². The summed E-state index contributed by atoms with van der Waals surface area (Å²) in [7, 11) is 0. The quantitative estimate of drug-likeness (QED) is 0.475. The summed E-state index contributed by atoms with van der Waals surface area (Å²) in [5.74, 6) is 0.784. The number of aromatic nitrogens is 1. The Bertz CT molecular complexity index is 961. The molecule has 30 heavy (non-hydrogen) atoms. The normalized spacial score (nSPS) is 20.1. The van der Waals surface area contributed by atoms with E-state index in [1.54, 1.807) is 0 Å². The highest BCUT2D eigenvalue weighted by molar-refractivity contribution is 6.08. The van der Waals surface area contributed by atoms with Gasteiger partial charge in [-0.3, -0.25) is 4.90 Å². The van der Waals surface area contributed by atoms with Crippen molar-refractivity contribution in [3.05, 3.63) is 48.0 Å². The molecule has 1 fully saturated rings. The number of hydrogen-bond acceptors (Lipinski definition) is 2. The number of aryl methyl sites for hydroxylation is 1. The van der Waals surface area contributed by atoms with E-state index in [-0.39, 0.29) is 0 Å². The number of nitrogens with zero attached hydrogens (tertiary/aromatic N) is 2. The topological polar surface area (TPSA) is 34.2 Å². The lowest BCUT2D eigenvalue weighted by Gasteiger charge is -2.38. The van der Waals surface area contributed by atoms with Crippen LogP contribution >= 0.6 is 0 Å². The Morgan fingerprint density at radius 1 is 0.933 bits per heavy atom. The van der Waals surface area contributed by atoms with Gasteiger partial charge in [-0.25, -0.2) is 0 Å². The van der Waals surface area contributed by atoms with Gasteiger partial charge in [0.15, 0.2) is 0 Å². The minimum atomic E-state index is 0.410. The second-order valence-electron chi connectivity index (χ2n) is 9.29. The van der Waals surface area contributed by atoms with E-state index in [0.717, 1.165) is 19.0 Å². The molecular weight excluding hydrogens is 366 g/mol. The highest BCUT2D eigenvalue weighted by Crippen LogP contribution is 2.31. The Labute approximate surface area is 182 Å². The molecule has 0 atom stereocenters. The summed E-state index contributed by atoms with van der Waals surface area (Å²) in [6.45, 7) is 10.2. The Morgan fingerprint density at radius 2 is 1.63 bits per heavy atom. The predicted octanol–water partition coefficient (Wildman–Crippen LogP) is 6.32. The first-order valence-corrected chi connectivity index (χ1v) is 12.1. The van der Waals surface area contributed by atoms with Crippen LogP contribution in [0.3, 0.4) is 0 Å². The van der Waals surface area contributed by atoms with E-state index in [0.29, 0.717) is 12.1 Å². The molecule has 2 N–H and O–H groups in total. The van der Waals surface area contributed by atoms with Gasteiger partial charge in [0.05, 0.1) is 0 Å². The molecule has 2 aromatic carbocycles. The lowest BCUT2D eigenvalue weighted by atomic mass is 9.89. The SMILES string of the molecule is CCC(CC)CN(Cc1ccc2c(c1)c1ccccc1n2CC)C1CCC(N)CC1. The first-order chi connectivity index (χ1) is 14.6. The van der Waals surface area contributed by atoms with Gasteiger partial charge in [0, 0.05) is 53.5 Å². The van der Waals surface area contributed by atoms with Gasteiger partial charge in [0.25, 0.3) is 0 Å². The van der Waals surface area contributed by atoms with E-state index >= 15 is 0 Å². The second-order valence-corrected chi connectivity index (χ2v) is 9.29. The summed E-state index contributed by atoms with van der Waals surface area (Å²) in [6, 6.07) is 17.1. The maximum absolute atomic E-state index is 6.21. The molecule has 3 nitrogen and oxygen atoms in total. The number of nitrogens with two attached hydrogens (primary N) is 1. The van der Waals surface area contributed by atoms with E-state index in [1.165, 1.54) is 72.4 Å². The van der Waals surface area contributed by atoms with Gasteiger partial charge in [-0.1, -0.05) is 51.0 Å². The Hall–Kier alpha value is -1.84. The van der Waals surface area contributed by atoms with Crippen LogP contribution in [0.25, 0.3) is 21.8 Å². The van der Waals surface area contributed by atoms with Crippen molar-refractivity contribution in [1.82, 2.24) is 9.47 Å². The summed E-state index contributed by atoms with van der Waals surface area (Å²) < 4.78 is 2.44. The van der Waals surface area contributed by atoms with Crippen LogP contribution in [0, 0.1) is 5.92 Å². The molecule has 3 aromatic rings. The Balaban J connectivity index is 1.65. The lowest BCUT2D eigenvalue weighted by molar-refractivity contribution is 0.118. The average molecular weight is 406 g/mol. The van der Waals surface area contributed by atoms with E-state index in [1.807, 2.05) is 0 Å². The smallest absolute Gasteiger partial charge is 0.0491 e. The molecule has 1 heterocycles. The molecule has 0 bridgehead atoms. The molecule has 0 radical (unpaired) electrons. The zero-order chi connectivity index (χ0) is 21.1. The molecule has 1 aliphatic carbocycles. The molecule has 162 valence electrons. The fourth-order valence-corrected chi connectivity index (χ4v) is 5.46. The van der Waals surface area contributed by atoms with Crippen molar-refractivity contribution < 1.29 is 0 Å². The largest absolute Gasteiger partial charge is 0.341 e. The summed E-state index contributed by atoms with van der Waals surface area (Å²) >= 11 is 0. The molecule has 1 aliphatic rings. The zero-order valence-electron chi connectivity index (χ0n) is 19.1. The fourth-order valence-electron chi connectivity index (χ4n) is 5.46. The van der Waals surface area contributed by atoms with Gasteiger partial charge in [0.2, 0.25) is 0 Å². The summed E-state index contributed by atoms with van der Waals surface area (Å²) in [5.41, 5.74) is 10.4. The van der Waals surface area contributed by atoms with E-state index < -0.39 is 0 Å². The third-order valence-corrected chi connectivity index (χ3v) is 7.44.